The number of aromatic nitrogens is 1. The van der Waals surface area contributed by atoms with Crippen molar-refractivity contribution in [2.24, 2.45) is 0 Å². The van der Waals surface area contributed by atoms with E-state index >= 15 is 0 Å². The average Bonchev–Trinajstić information content (AvgIpc) is 2.76. The molecule has 1 aromatic carbocycles. The summed E-state index contributed by atoms with van der Waals surface area (Å²) < 4.78 is 0. The SMILES string of the molecule is CC(=O)NCCc1c(C(=O)O)[nH]c2ccc(C(C)=O)cc12.[Na+]. The molecule has 2 rings (SSSR count). The number of hydrogen-bond donors (Lipinski definition) is 3. The molecule has 0 aliphatic carbocycles. The molecular weight excluding hydrogens is 295 g/mol. The van der Waals surface area contributed by atoms with Crippen LogP contribution in [0.15, 0.2) is 18.2 Å². The molecule has 0 radical (unpaired) electrons. The van der Waals surface area contributed by atoms with Gasteiger partial charge in [0.1, 0.15) is 5.69 Å². The second-order valence-corrected chi connectivity index (χ2v) is 4.83. The summed E-state index contributed by atoms with van der Waals surface area (Å²) >= 11 is 0. The number of Topliss-reactive ketones (excluding diaryl/α,β-unsaturated/α-hetero) is 1. The predicted molar refractivity (Wildman–Crippen MR) is 77.7 cm³/mol. The third kappa shape index (κ3) is 3.97. The number of rotatable bonds is 5. The van der Waals surface area contributed by atoms with Gasteiger partial charge in [0.05, 0.1) is 0 Å². The Bertz CT molecular complexity index is 736. The van der Waals surface area contributed by atoms with Crippen molar-refractivity contribution in [1.29, 1.82) is 0 Å². The van der Waals surface area contributed by atoms with E-state index in [1.807, 2.05) is 0 Å². The Hall–Kier alpha value is -1.63. The minimum Gasteiger partial charge on any atom is -0.477 e. The first-order valence-corrected chi connectivity index (χ1v) is 6.53. The third-order valence-electron chi connectivity index (χ3n) is 3.28. The van der Waals surface area contributed by atoms with Crippen molar-refractivity contribution in [2.75, 3.05) is 6.54 Å². The zero-order valence-corrected chi connectivity index (χ0v) is 14.8. The van der Waals surface area contributed by atoms with Crippen LogP contribution in [0.1, 0.15) is 40.3 Å². The van der Waals surface area contributed by atoms with E-state index < -0.39 is 5.97 Å². The first-order chi connectivity index (χ1) is 9.90. The quantitative estimate of drug-likeness (QED) is 0.475. The van der Waals surface area contributed by atoms with E-state index in [1.165, 1.54) is 13.8 Å². The van der Waals surface area contributed by atoms with Crippen LogP contribution in [0.2, 0.25) is 0 Å². The standard InChI is InChI=1S/C15H16N2O4.Na/c1-8(18)10-3-4-13-12(7-10)11(5-6-16-9(2)19)14(17-13)15(20)21;/h3-4,7,17H,5-6H2,1-2H3,(H,16,19)(H,20,21);/q;+1. The van der Waals surface area contributed by atoms with E-state index in [1.54, 1.807) is 18.2 Å². The van der Waals surface area contributed by atoms with Crippen LogP contribution in [0.5, 0.6) is 0 Å². The van der Waals surface area contributed by atoms with E-state index in [0.29, 0.717) is 35.0 Å². The topological polar surface area (TPSA) is 99.3 Å². The molecule has 0 unspecified atom stereocenters. The summed E-state index contributed by atoms with van der Waals surface area (Å²) in [6.07, 6.45) is 0.378. The largest absolute Gasteiger partial charge is 1.00 e. The smallest absolute Gasteiger partial charge is 0.477 e. The summed E-state index contributed by atoms with van der Waals surface area (Å²) in [6.45, 7) is 3.21. The fourth-order valence-electron chi connectivity index (χ4n) is 2.27. The first kappa shape index (κ1) is 18.4. The van der Waals surface area contributed by atoms with E-state index in [-0.39, 0.29) is 46.9 Å². The Morgan fingerprint density at radius 2 is 1.91 bits per heavy atom. The Kier molecular flexibility index (Phi) is 6.34. The third-order valence-corrected chi connectivity index (χ3v) is 3.28. The number of carbonyl (C=O) groups excluding carboxylic acids is 2. The van der Waals surface area contributed by atoms with E-state index in [4.69, 9.17) is 0 Å². The van der Waals surface area contributed by atoms with Crippen LogP contribution >= 0.6 is 0 Å². The fraction of sp³-hybridized carbons (Fsp3) is 0.267. The van der Waals surface area contributed by atoms with Gasteiger partial charge in [-0.05, 0) is 37.1 Å². The molecule has 22 heavy (non-hydrogen) atoms. The molecular formula is C15H16N2NaO4+. The van der Waals surface area contributed by atoms with Gasteiger partial charge in [-0.15, -0.1) is 0 Å². The van der Waals surface area contributed by atoms with Gasteiger partial charge in [-0.1, -0.05) is 0 Å². The van der Waals surface area contributed by atoms with E-state index in [9.17, 15) is 19.5 Å². The number of carbonyl (C=O) groups is 3. The molecule has 110 valence electrons. The number of fused-ring (bicyclic) bond motifs is 1. The molecule has 0 atom stereocenters. The number of ketones is 1. The van der Waals surface area contributed by atoms with Crippen LogP contribution in [0.4, 0.5) is 0 Å². The number of nitrogens with one attached hydrogen (secondary N) is 2. The molecule has 1 heterocycles. The number of H-pyrrole nitrogens is 1. The van der Waals surface area contributed by atoms with Crippen LogP contribution in [-0.4, -0.2) is 34.3 Å². The van der Waals surface area contributed by atoms with Gasteiger partial charge in [-0.2, -0.15) is 0 Å². The minimum absolute atomic E-state index is 0. The Morgan fingerprint density at radius 3 is 2.45 bits per heavy atom. The van der Waals surface area contributed by atoms with Gasteiger partial charge in [-0.3, -0.25) is 9.59 Å². The zero-order chi connectivity index (χ0) is 15.6. The molecule has 6 nitrogen and oxygen atoms in total. The van der Waals surface area contributed by atoms with Crippen molar-refractivity contribution in [2.45, 2.75) is 20.3 Å². The van der Waals surface area contributed by atoms with E-state index in [2.05, 4.69) is 10.3 Å². The normalized spacial score (nSPS) is 10.1. The van der Waals surface area contributed by atoms with Crippen LogP contribution in [0.3, 0.4) is 0 Å². The molecule has 2 aromatic rings. The van der Waals surface area contributed by atoms with Gasteiger partial charge >= 0.3 is 35.5 Å². The van der Waals surface area contributed by atoms with Gasteiger partial charge in [0, 0.05) is 29.9 Å². The second kappa shape index (κ2) is 7.58. The monoisotopic (exact) mass is 311 g/mol. The minimum atomic E-state index is -1.06. The number of aromatic carboxylic acids is 1. The van der Waals surface area contributed by atoms with Crippen molar-refractivity contribution in [3.63, 3.8) is 0 Å². The molecule has 0 aliphatic heterocycles. The second-order valence-electron chi connectivity index (χ2n) is 4.83. The Morgan fingerprint density at radius 1 is 1.23 bits per heavy atom. The molecule has 0 bridgehead atoms. The summed E-state index contributed by atoms with van der Waals surface area (Å²) in [7, 11) is 0. The van der Waals surface area contributed by atoms with Gasteiger partial charge in [0.2, 0.25) is 5.91 Å². The molecule has 0 fully saturated rings. The Balaban J connectivity index is 0.00000242. The van der Waals surface area contributed by atoms with Crippen molar-refractivity contribution < 1.29 is 49.0 Å². The molecule has 0 saturated heterocycles. The predicted octanol–water partition coefficient (Wildman–Crippen LogP) is -1.25. The van der Waals surface area contributed by atoms with Gasteiger partial charge in [0.25, 0.3) is 0 Å². The maximum Gasteiger partial charge on any atom is 1.00 e. The molecule has 1 aromatic heterocycles. The summed E-state index contributed by atoms with van der Waals surface area (Å²) in [4.78, 5) is 36.5. The Labute approximate surface area is 149 Å². The molecule has 3 N–H and O–H groups in total. The van der Waals surface area contributed by atoms with Crippen molar-refractivity contribution in [1.82, 2.24) is 10.3 Å². The molecule has 0 spiro atoms. The zero-order valence-electron chi connectivity index (χ0n) is 12.8. The molecule has 0 saturated carbocycles. The first-order valence-electron chi connectivity index (χ1n) is 6.53. The average molecular weight is 311 g/mol. The number of aromatic amines is 1. The van der Waals surface area contributed by atoms with Crippen molar-refractivity contribution >= 4 is 28.6 Å². The summed E-state index contributed by atoms with van der Waals surface area (Å²) in [6, 6.07) is 5.04. The molecule has 0 aliphatic rings. The summed E-state index contributed by atoms with van der Waals surface area (Å²) in [5, 5.41) is 12.6. The van der Waals surface area contributed by atoms with E-state index in [0.717, 1.165) is 0 Å². The maximum atomic E-state index is 11.5. The van der Waals surface area contributed by atoms with Crippen molar-refractivity contribution in [3.05, 3.63) is 35.0 Å². The van der Waals surface area contributed by atoms with Crippen LogP contribution in [-0.2, 0) is 11.2 Å². The molecule has 1 amide bonds. The van der Waals surface area contributed by atoms with Gasteiger partial charge in [0.15, 0.2) is 5.78 Å². The molecule has 7 heteroatoms. The summed E-state index contributed by atoms with van der Waals surface area (Å²) in [5.74, 6) is -1.31. The van der Waals surface area contributed by atoms with Gasteiger partial charge < -0.3 is 15.4 Å². The fourth-order valence-corrected chi connectivity index (χ4v) is 2.27. The number of carboxylic acids is 1. The number of hydrogen-bond acceptors (Lipinski definition) is 3. The van der Waals surface area contributed by atoms with Crippen LogP contribution < -0.4 is 34.9 Å². The van der Waals surface area contributed by atoms with Gasteiger partial charge in [-0.25, -0.2) is 4.79 Å². The maximum absolute atomic E-state index is 11.5. The number of amides is 1. The van der Waals surface area contributed by atoms with Crippen LogP contribution in [0.25, 0.3) is 10.9 Å². The van der Waals surface area contributed by atoms with Crippen LogP contribution in [0, 0.1) is 0 Å². The summed E-state index contributed by atoms with van der Waals surface area (Å²) in [5.41, 5.74) is 1.87. The van der Waals surface area contributed by atoms with Crippen molar-refractivity contribution in [3.8, 4) is 0 Å². The number of benzene rings is 1. The number of carboxylic acid groups (broad SMARTS) is 1.